The molecule has 0 aromatic rings. The molecule has 0 aliphatic carbocycles. The van der Waals surface area contributed by atoms with Gasteiger partial charge in [0, 0.05) is 11.8 Å². The number of nitrogens with two attached hydrogens (primary N) is 1. The van der Waals surface area contributed by atoms with Crippen molar-refractivity contribution in [1.82, 2.24) is 0 Å². The fraction of sp³-hybridized carbons (Fsp3) is 0.900. The van der Waals surface area contributed by atoms with Crippen molar-refractivity contribution < 1.29 is 4.79 Å². The highest BCUT2D eigenvalue weighted by atomic mass is 16.1. The van der Waals surface area contributed by atoms with E-state index < -0.39 is 0 Å². The van der Waals surface area contributed by atoms with E-state index in [9.17, 15) is 4.79 Å². The highest BCUT2D eigenvalue weighted by Gasteiger charge is 2.20. The first kappa shape index (κ1) is 11.6. The van der Waals surface area contributed by atoms with Crippen molar-refractivity contribution in [3.63, 3.8) is 0 Å². The van der Waals surface area contributed by atoms with E-state index >= 15 is 0 Å². The molecule has 0 rings (SSSR count). The molecule has 0 aliphatic heterocycles. The molecule has 2 heteroatoms. The van der Waals surface area contributed by atoms with Crippen LogP contribution in [0.1, 0.15) is 40.5 Å². The summed E-state index contributed by atoms with van der Waals surface area (Å²) in [5, 5.41) is 0. The lowest BCUT2D eigenvalue weighted by Gasteiger charge is -2.17. The minimum Gasteiger partial charge on any atom is -0.330 e. The molecule has 1 unspecified atom stereocenters. The van der Waals surface area contributed by atoms with E-state index in [1.807, 2.05) is 20.8 Å². The number of hydrogen-bond donors (Lipinski definition) is 1. The second-order valence-corrected chi connectivity index (χ2v) is 4.55. The van der Waals surface area contributed by atoms with Crippen molar-refractivity contribution in [2.45, 2.75) is 40.5 Å². The Balaban J connectivity index is 3.73. The average molecular weight is 171 g/mol. The molecular weight excluding hydrogens is 150 g/mol. The molecule has 0 amide bonds. The first-order valence-corrected chi connectivity index (χ1v) is 4.61. The van der Waals surface area contributed by atoms with Gasteiger partial charge in [0.1, 0.15) is 5.78 Å². The van der Waals surface area contributed by atoms with Crippen LogP contribution < -0.4 is 5.73 Å². The highest BCUT2D eigenvalue weighted by Crippen LogP contribution is 2.19. The van der Waals surface area contributed by atoms with E-state index in [4.69, 9.17) is 5.73 Å². The Labute approximate surface area is 75.5 Å². The summed E-state index contributed by atoms with van der Waals surface area (Å²) in [5.41, 5.74) is 5.27. The van der Waals surface area contributed by atoms with Crippen molar-refractivity contribution >= 4 is 5.78 Å². The van der Waals surface area contributed by atoms with Gasteiger partial charge in [0.2, 0.25) is 0 Å². The van der Waals surface area contributed by atoms with Gasteiger partial charge in [-0.3, -0.25) is 4.79 Å². The van der Waals surface area contributed by atoms with Crippen molar-refractivity contribution in [3.8, 4) is 0 Å². The smallest absolute Gasteiger partial charge is 0.138 e. The monoisotopic (exact) mass is 171 g/mol. The average Bonchev–Trinajstić information content (AvgIpc) is 1.97. The normalized spacial score (nSPS) is 14.4. The second-order valence-electron chi connectivity index (χ2n) is 4.55. The number of Topliss-reactive ketones (excluding diaryl/α,β-unsaturated/α-hetero) is 1. The second kappa shape index (κ2) is 4.61. The van der Waals surface area contributed by atoms with Crippen molar-refractivity contribution in [2.75, 3.05) is 6.54 Å². The molecule has 0 bridgehead atoms. The van der Waals surface area contributed by atoms with Gasteiger partial charge in [0.15, 0.2) is 0 Å². The first-order valence-electron chi connectivity index (χ1n) is 4.61. The molecule has 12 heavy (non-hydrogen) atoms. The van der Waals surface area contributed by atoms with Gasteiger partial charge in [-0.05, 0) is 18.9 Å². The summed E-state index contributed by atoms with van der Waals surface area (Å²) in [6, 6.07) is 0. The zero-order valence-corrected chi connectivity index (χ0v) is 8.68. The molecule has 0 saturated carbocycles. The van der Waals surface area contributed by atoms with Crippen LogP contribution >= 0.6 is 0 Å². The molecule has 2 nitrogen and oxygen atoms in total. The van der Waals surface area contributed by atoms with Gasteiger partial charge in [0.05, 0.1) is 0 Å². The van der Waals surface area contributed by atoms with Gasteiger partial charge in [-0.2, -0.15) is 0 Å². The summed E-state index contributed by atoms with van der Waals surface area (Å²) >= 11 is 0. The first-order chi connectivity index (χ1) is 5.38. The minimum absolute atomic E-state index is 0.186. The third-order valence-corrected chi connectivity index (χ3v) is 2.10. The fourth-order valence-corrected chi connectivity index (χ4v) is 0.870. The summed E-state index contributed by atoms with van der Waals surface area (Å²) in [5.74, 6) is 0.805. The van der Waals surface area contributed by atoms with E-state index in [0.29, 0.717) is 24.7 Å². The van der Waals surface area contributed by atoms with E-state index in [-0.39, 0.29) is 5.41 Å². The summed E-state index contributed by atoms with van der Waals surface area (Å²) in [7, 11) is 0. The van der Waals surface area contributed by atoms with Gasteiger partial charge in [0.25, 0.3) is 0 Å². The minimum atomic E-state index is -0.186. The summed E-state index contributed by atoms with van der Waals surface area (Å²) in [6.45, 7) is 8.64. The Morgan fingerprint density at radius 3 is 2.25 bits per heavy atom. The van der Waals surface area contributed by atoms with Gasteiger partial charge < -0.3 is 5.73 Å². The molecule has 0 fully saturated rings. The van der Waals surface area contributed by atoms with E-state index in [0.717, 1.165) is 6.42 Å². The molecule has 72 valence electrons. The number of ketones is 1. The van der Waals surface area contributed by atoms with Crippen LogP contribution in [-0.4, -0.2) is 12.3 Å². The largest absolute Gasteiger partial charge is 0.330 e. The number of rotatable bonds is 4. The maximum atomic E-state index is 11.4. The molecule has 0 heterocycles. The molecule has 1 atom stereocenters. The predicted molar refractivity (Wildman–Crippen MR) is 51.9 cm³/mol. The maximum absolute atomic E-state index is 11.4. The maximum Gasteiger partial charge on any atom is 0.138 e. The van der Waals surface area contributed by atoms with Crippen LogP contribution in [-0.2, 0) is 4.79 Å². The molecular formula is C10H21NO. The summed E-state index contributed by atoms with van der Waals surface area (Å²) in [4.78, 5) is 11.4. The van der Waals surface area contributed by atoms with Crippen LogP contribution in [0.2, 0.25) is 0 Å². The van der Waals surface area contributed by atoms with Crippen LogP contribution in [0.5, 0.6) is 0 Å². The van der Waals surface area contributed by atoms with Crippen LogP contribution in [0.4, 0.5) is 0 Å². The fourth-order valence-electron chi connectivity index (χ4n) is 0.870. The highest BCUT2D eigenvalue weighted by molar-refractivity contribution is 5.83. The lowest BCUT2D eigenvalue weighted by molar-refractivity contribution is -0.126. The lowest BCUT2D eigenvalue weighted by atomic mass is 9.87. The Morgan fingerprint density at radius 2 is 1.92 bits per heavy atom. The SMILES string of the molecule is CC(CN)CCC(=O)C(C)(C)C. The topological polar surface area (TPSA) is 43.1 Å². The summed E-state index contributed by atoms with van der Waals surface area (Å²) in [6.07, 6.45) is 1.59. The van der Waals surface area contributed by atoms with E-state index in [1.165, 1.54) is 0 Å². The van der Waals surface area contributed by atoms with E-state index in [1.54, 1.807) is 0 Å². The molecule has 0 aromatic carbocycles. The number of carbonyl (C=O) groups excluding carboxylic acids is 1. The molecule has 0 spiro atoms. The zero-order valence-electron chi connectivity index (χ0n) is 8.68. The Morgan fingerprint density at radius 1 is 1.42 bits per heavy atom. The number of carbonyl (C=O) groups is 1. The Hall–Kier alpha value is -0.370. The third-order valence-electron chi connectivity index (χ3n) is 2.10. The summed E-state index contributed by atoms with van der Waals surface area (Å²) < 4.78 is 0. The van der Waals surface area contributed by atoms with E-state index in [2.05, 4.69) is 6.92 Å². The Bertz CT molecular complexity index is 146. The van der Waals surface area contributed by atoms with Crippen LogP contribution in [0.3, 0.4) is 0 Å². The standard InChI is InChI=1S/C10H21NO/c1-8(7-11)5-6-9(12)10(2,3)4/h8H,5-7,11H2,1-4H3. The molecule has 0 radical (unpaired) electrons. The van der Waals surface area contributed by atoms with Crippen LogP contribution in [0.25, 0.3) is 0 Å². The van der Waals surface area contributed by atoms with Gasteiger partial charge in [-0.1, -0.05) is 27.7 Å². The van der Waals surface area contributed by atoms with Crippen molar-refractivity contribution in [3.05, 3.63) is 0 Å². The third kappa shape index (κ3) is 4.50. The van der Waals surface area contributed by atoms with Crippen LogP contribution in [0.15, 0.2) is 0 Å². The lowest BCUT2D eigenvalue weighted by Crippen LogP contribution is -2.21. The van der Waals surface area contributed by atoms with Gasteiger partial charge >= 0.3 is 0 Å². The van der Waals surface area contributed by atoms with Gasteiger partial charge in [-0.15, -0.1) is 0 Å². The van der Waals surface area contributed by atoms with Crippen LogP contribution in [0, 0.1) is 11.3 Å². The predicted octanol–water partition coefficient (Wildman–Crippen LogP) is 1.98. The molecule has 0 aromatic heterocycles. The quantitative estimate of drug-likeness (QED) is 0.702. The number of hydrogen-bond acceptors (Lipinski definition) is 2. The molecule has 0 saturated heterocycles. The van der Waals surface area contributed by atoms with Gasteiger partial charge in [-0.25, -0.2) is 0 Å². The Kier molecular flexibility index (Phi) is 4.46. The van der Waals surface area contributed by atoms with Crippen molar-refractivity contribution in [2.24, 2.45) is 17.1 Å². The van der Waals surface area contributed by atoms with Crippen molar-refractivity contribution in [1.29, 1.82) is 0 Å². The molecule has 0 aliphatic rings. The molecule has 2 N–H and O–H groups in total. The zero-order chi connectivity index (χ0) is 9.78.